The van der Waals surface area contributed by atoms with E-state index in [1.807, 2.05) is 0 Å². The SMILES string of the molecule is CC(CNC(=O)c1cn[nH]n1)CN1CCCCC1. The maximum absolute atomic E-state index is 11.7. The van der Waals surface area contributed by atoms with Crippen molar-refractivity contribution in [3.05, 3.63) is 11.9 Å². The van der Waals surface area contributed by atoms with Crippen LogP contribution in [0.4, 0.5) is 0 Å². The highest BCUT2D eigenvalue weighted by atomic mass is 16.1. The molecular weight excluding hydrogens is 230 g/mol. The highest BCUT2D eigenvalue weighted by molar-refractivity contribution is 5.91. The number of piperidine rings is 1. The molecular formula is C12H21N5O. The van der Waals surface area contributed by atoms with Gasteiger partial charge in [0, 0.05) is 13.1 Å². The molecule has 1 aromatic heterocycles. The first-order valence-corrected chi connectivity index (χ1v) is 6.62. The highest BCUT2D eigenvalue weighted by Gasteiger charge is 2.15. The van der Waals surface area contributed by atoms with Crippen molar-refractivity contribution in [1.82, 2.24) is 25.6 Å². The summed E-state index contributed by atoms with van der Waals surface area (Å²) in [5, 5.41) is 12.7. The van der Waals surface area contributed by atoms with Crippen LogP contribution in [0.3, 0.4) is 0 Å². The lowest BCUT2D eigenvalue weighted by Gasteiger charge is -2.29. The minimum absolute atomic E-state index is 0.158. The molecule has 0 saturated carbocycles. The molecule has 18 heavy (non-hydrogen) atoms. The van der Waals surface area contributed by atoms with Crippen LogP contribution in [0.5, 0.6) is 0 Å². The fraction of sp³-hybridized carbons (Fsp3) is 0.750. The van der Waals surface area contributed by atoms with Crippen molar-refractivity contribution in [3.63, 3.8) is 0 Å². The molecule has 0 radical (unpaired) electrons. The normalized spacial score (nSPS) is 18.5. The zero-order valence-corrected chi connectivity index (χ0v) is 10.9. The van der Waals surface area contributed by atoms with Crippen molar-refractivity contribution in [2.24, 2.45) is 5.92 Å². The maximum Gasteiger partial charge on any atom is 0.273 e. The van der Waals surface area contributed by atoms with Gasteiger partial charge in [-0.05, 0) is 31.8 Å². The van der Waals surface area contributed by atoms with Crippen LogP contribution in [0.1, 0.15) is 36.7 Å². The second-order valence-corrected chi connectivity index (χ2v) is 5.03. The minimum Gasteiger partial charge on any atom is -0.350 e. The standard InChI is InChI=1S/C12H21N5O/c1-10(9-17-5-3-2-4-6-17)7-13-12(18)11-8-14-16-15-11/h8,10H,2-7,9H2,1H3,(H,13,18)(H,14,15,16). The van der Waals surface area contributed by atoms with Crippen LogP contribution in [0, 0.1) is 5.92 Å². The monoisotopic (exact) mass is 251 g/mol. The molecule has 1 aliphatic rings. The first-order valence-electron chi connectivity index (χ1n) is 6.62. The van der Waals surface area contributed by atoms with Gasteiger partial charge in [-0.25, -0.2) is 0 Å². The van der Waals surface area contributed by atoms with Gasteiger partial charge in [-0.3, -0.25) is 4.79 Å². The van der Waals surface area contributed by atoms with Crippen LogP contribution < -0.4 is 5.32 Å². The Hall–Kier alpha value is -1.43. The van der Waals surface area contributed by atoms with Crippen LogP contribution in [-0.4, -0.2) is 52.4 Å². The molecule has 0 spiro atoms. The number of hydrogen-bond acceptors (Lipinski definition) is 4. The molecule has 2 N–H and O–H groups in total. The van der Waals surface area contributed by atoms with Gasteiger partial charge in [0.1, 0.15) is 0 Å². The van der Waals surface area contributed by atoms with Gasteiger partial charge in [-0.15, -0.1) is 0 Å². The summed E-state index contributed by atoms with van der Waals surface area (Å²) in [6, 6.07) is 0. The highest BCUT2D eigenvalue weighted by Crippen LogP contribution is 2.10. The van der Waals surface area contributed by atoms with Gasteiger partial charge < -0.3 is 10.2 Å². The number of nitrogens with one attached hydrogen (secondary N) is 2. The van der Waals surface area contributed by atoms with Gasteiger partial charge in [0.25, 0.3) is 5.91 Å². The average molecular weight is 251 g/mol. The summed E-state index contributed by atoms with van der Waals surface area (Å²) in [7, 11) is 0. The predicted molar refractivity (Wildman–Crippen MR) is 68.2 cm³/mol. The fourth-order valence-electron chi connectivity index (χ4n) is 2.32. The van der Waals surface area contributed by atoms with Crippen molar-refractivity contribution in [3.8, 4) is 0 Å². The number of aromatic amines is 1. The summed E-state index contributed by atoms with van der Waals surface area (Å²) in [6.45, 7) is 6.29. The third kappa shape index (κ3) is 3.80. The average Bonchev–Trinajstić information content (AvgIpc) is 2.91. The number of hydrogen-bond donors (Lipinski definition) is 2. The molecule has 1 atom stereocenters. The van der Waals surface area contributed by atoms with Crippen molar-refractivity contribution >= 4 is 5.91 Å². The summed E-state index contributed by atoms with van der Waals surface area (Å²) in [5.41, 5.74) is 0.347. The Bertz CT molecular complexity index is 359. The Kier molecular flexibility index (Phi) is 4.69. The molecule has 0 aliphatic carbocycles. The lowest BCUT2D eigenvalue weighted by atomic mass is 10.1. The van der Waals surface area contributed by atoms with Crippen LogP contribution in [0.2, 0.25) is 0 Å². The Labute approximate surface area is 107 Å². The smallest absolute Gasteiger partial charge is 0.273 e. The lowest BCUT2D eigenvalue weighted by Crippen LogP contribution is -2.38. The van der Waals surface area contributed by atoms with E-state index >= 15 is 0 Å². The largest absolute Gasteiger partial charge is 0.350 e. The van der Waals surface area contributed by atoms with Crippen LogP contribution in [-0.2, 0) is 0 Å². The Balaban J connectivity index is 1.68. The maximum atomic E-state index is 11.7. The molecule has 1 aliphatic heterocycles. The molecule has 0 aromatic carbocycles. The predicted octanol–water partition coefficient (Wildman–Crippen LogP) is 0.656. The molecule has 1 fully saturated rings. The number of nitrogens with zero attached hydrogens (tertiary/aromatic N) is 3. The number of aromatic nitrogens is 3. The van der Waals surface area contributed by atoms with Gasteiger partial charge >= 0.3 is 0 Å². The first-order chi connectivity index (χ1) is 8.75. The van der Waals surface area contributed by atoms with E-state index in [1.165, 1.54) is 38.5 Å². The number of rotatable bonds is 5. The van der Waals surface area contributed by atoms with Crippen LogP contribution >= 0.6 is 0 Å². The zero-order valence-electron chi connectivity index (χ0n) is 10.9. The molecule has 1 unspecified atom stereocenters. The Morgan fingerprint density at radius 3 is 2.94 bits per heavy atom. The van der Waals surface area contributed by atoms with E-state index in [0.29, 0.717) is 18.2 Å². The van der Waals surface area contributed by atoms with Gasteiger partial charge in [0.2, 0.25) is 0 Å². The zero-order chi connectivity index (χ0) is 12.8. The summed E-state index contributed by atoms with van der Waals surface area (Å²) >= 11 is 0. The second-order valence-electron chi connectivity index (χ2n) is 5.03. The van der Waals surface area contributed by atoms with E-state index in [4.69, 9.17) is 0 Å². The number of H-pyrrole nitrogens is 1. The van der Waals surface area contributed by atoms with Crippen molar-refractivity contribution < 1.29 is 4.79 Å². The third-order valence-corrected chi connectivity index (χ3v) is 3.28. The van der Waals surface area contributed by atoms with Gasteiger partial charge in [0.15, 0.2) is 5.69 Å². The summed E-state index contributed by atoms with van der Waals surface area (Å²) in [6.07, 6.45) is 5.40. The molecule has 1 aromatic rings. The molecule has 1 amide bonds. The van der Waals surface area contributed by atoms with E-state index in [9.17, 15) is 4.79 Å². The minimum atomic E-state index is -0.158. The van der Waals surface area contributed by atoms with E-state index in [2.05, 4.69) is 32.6 Å². The summed E-state index contributed by atoms with van der Waals surface area (Å²) in [5.74, 6) is 0.299. The molecule has 1 saturated heterocycles. The van der Waals surface area contributed by atoms with Crippen LogP contribution in [0.25, 0.3) is 0 Å². The van der Waals surface area contributed by atoms with Gasteiger partial charge in [0.05, 0.1) is 6.20 Å². The molecule has 100 valence electrons. The number of amides is 1. The van der Waals surface area contributed by atoms with E-state index in [0.717, 1.165) is 6.54 Å². The number of likely N-dealkylation sites (tertiary alicyclic amines) is 1. The van der Waals surface area contributed by atoms with Crippen molar-refractivity contribution in [1.29, 1.82) is 0 Å². The topological polar surface area (TPSA) is 73.9 Å². The fourth-order valence-corrected chi connectivity index (χ4v) is 2.32. The third-order valence-electron chi connectivity index (χ3n) is 3.28. The van der Waals surface area contributed by atoms with Crippen LogP contribution in [0.15, 0.2) is 6.20 Å². The van der Waals surface area contributed by atoms with Crippen molar-refractivity contribution in [2.75, 3.05) is 26.2 Å². The van der Waals surface area contributed by atoms with E-state index in [-0.39, 0.29) is 5.91 Å². The first kappa shape index (κ1) is 13.0. The number of carbonyl (C=O) groups excluding carboxylic acids is 1. The summed E-state index contributed by atoms with van der Waals surface area (Å²) in [4.78, 5) is 14.1. The Morgan fingerprint density at radius 1 is 1.50 bits per heavy atom. The second kappa shape index (κ2) is 6.49. The molecule has 2 rings (SSSR count). The van der Waals surface area contributed by atoms with Gasteiger partial charge in [-0.2, -0.15) is 15.4 Å². The quantitative estimate of drug-likeness (QED) is 0.806. The number of carbonyl (C=O) groups is 1. The molecule has 0 bridgehead atoms. The van der Waals surface area contributed by atoms with E-state index in [1.54, 1.807) is 0 Å². The lowest BCUT2D eigenvalue weighted by molar-refractivity contribution is 0.0937. The van der Waals surface area contributed by atoms with Gasteiger partial charge in [-0.1, -0.05) is 13.3 Å². The molecule has 6 nitrogen and oxygen atoms in total. The van der Waals surface area contributed by atoms with E-state index < -0.39 is 0 Å². The molecule has 2 heterocycles. The Morgan fingerprint density at radius 2 is 2.28 bits per heavy atom. The summed E-state index contributed by atoms with van der Waals surface area (Å²) < 4.78 is 0. The van der Waals surface area contributed by atoms with Crippen molar-refractivity contribution in [2.45, 2.75) is 26.2 Å². The molecule has 6 heteroatoms.